The van der Waals surface area contributed by atoms with Crippen LogP contribution in [0.2, 0.25) is 0 Å². The molecular formula is C15H13N5OS. The number of nitrogens with zero attached hydrogens (tertiary/aromatic N) is 5. The van der Waals surface area contributed by atoms with Crippen LogP contribution < -0.4 is 5.36 Å². The summed E-state index contributed by atoms with van der Waals surface area (Å²) in [6.07, 6.45) is 5.09. The predicted octanol–water partition coefficient (Wildman–Crippen LogP) is 1.83. The zero-order chi connectivity index (χ0) is 15.4. The molecule has 0 spiro atoms. The van der Waals surface area contributed by atoms with E-state index in [1.54, 1.807) is 41.8 Å². The molecule has 3 heterocycles. The third kappa shape index (κ3) is 3.32. The van der Waals surface area contributed by atoms with E-state index in [0.29, 0.717) is 22.5 Å². The van der Waals surface area contributed by atoms with Crippen molar-refractivity contribution in [3.05, 3.63) is 70.0 Å². The largest absolute Gasteiger partial charge is 0.289 e. The molecule has 0 saturated carbocycles. The molecule has 0 aromatic carbocycles. The van der Waals surface area contributed by atoms with Crippen molar-refractivity contribution in [3.63, 3.8) is 0 Å². The fourth-order valence-electron chi connectivity index (χ4n) is 1.87. The topological polar surface area (TPSA) is 73.0 Å². The van der Waals surface area contributed by atoms with E-state index in [2.05, 4.69) is 20.1 Å². The predicted molar refractivity (Wildman–Crippen MR) is 82.3 cm³/mol. The molecule has 110 valence electrons. The second-order valence-electron chi connectivity index (χ2n) is 4.59. The smallest absolute Gasteiger partial charge is 0.267 e. The Morgan fingerprint density at radius 2 is 2.23 bits per heavy atom. The maximum atomic E-state index is 12.0. The van der Waals surface area contributed by atoms with Crippen molar-refractivity contribution >= 4 is 17.2 Å². The molecule has 0 N–H and O–H groups in total. The van der Waals surface area contributed by atoms with Gasteiger partial charge in [0.25, 0.3) is 5.91 Å². The molecule has 0 fully saturated rings. The highest BCUT2D eigenvalue weighted by Crippen LogP contribution is 2.12. The van der Waals surface area contributed by atoms with E-state index in [1.807, 2.05) is 18.2 Å². The maximum absolute atomic E-state index is 12.0. The molecule has 22 heavy (non-hydrogen) atoms. The lowest BCUT2D eigenvalue weighted by Crippen LogP contribution is -2.13. The lowest BCUT2D eigenvalue weighted by atomic mass is 10.3. The van der Waals surface area contributed by atoms with Gasteiger partial charge in [0.15, 0.2) is 0 Å². The van der Waals surface area contributed by atoms with E-state index in [-0.39, 0.29) is 5.91 Å². The molecule has 3 rings (SSSR count). The van der Waals surface area contributed by atoms with E-state index >= 15 is 0 Å². The first-order chi connectivity index (χ1) is 10.7. The van der Waals surface area contributed by atoms with Crippen molar-refractivity contribution in [1.82, 2.24) is 19.7 Å². The zero-order valence-electron chi connectivity index (χ0n) is 11.9. The Balaban J connectivity index is 1.78. The number of pyridine rings is 1. The van der Waals surface area contributed by atoms with Crippen LogP contribution in [0.1, 0.15) is 21.1 Å². The van der Waals surface area contributed by atoms with Gasteiger partial charge in [-0.3, -0.25) is 14.5 Å². The van der Waals surface area contributed by atoms with Gasteiger partial charge in [-0.05, 0) is 25.1 Å². The van der Waals surface area contributed by atoms with E-state index < -0.39 is 0 Å². The average Bonchev–Trinajstić information content (AvgIpc) is 2.96. The molecule has 0 aliphatic heterocycles. The summed E-state index contributed by atoms with van der Waals surface area (Å²) in [4.78, 5) is 24.9. The highest BCUT2D eigenvalue weighted by Gasteiger charge is 2.09. The van der Waals surface area contributed by atoms with Crippen LogP contribution in [-0.2, 0) is 6.54 Å². The minimum absolute atomic E-state index is 0.288. The fraction of sp³-hybridized carbons (Fsp3) is 0.133. The van der Waals surface area contributed by atoms with Gasteiger partial charge >= 0.3 is 0 Å². The molecule has 0 unspecified atom stereocenters. The summed E-state index contributed by atoms with van der Waals surface area (Å²) in [7, 11) is 0. The Morgan fingerprint density at radius 3 is 2.86 bits per heavy atom. The van der Waals surface area contributed by atoms with Crippen LogP contribution in [0.3, 0.4) is 0 Å². The van der Waals surface area contributed by atoms with E-state index in [4.69, 9.17) is 0 Å². The number of aryl methyl sites for hydroxylation is 1. The van der Waals surface area contributed by atoms with Crippen molar-refractivity contribution < 1.29 is 4.79 Å². The second-order valence-corrected chi connectivity index (χ2v) is 5.44. The molecule has 3 aromatic heterocycles. The lowest BCUT2D eigenvalue weighted by molar-refractivity contribution is 0.100. The highest BCUT2D eigenvalue weighted by atomic mass is 32.1. The van der Waals surface area contributed by atoms with Crippen LogP contribution in [0.15, 0.2) is 53.4 Å². The molecule has 3 aromatic rings. The van der Waals surface area contributed by atoms with Gasteiger partial charge in [-0.15, -0.1) is 11.3 Å². The van der Waals surface area contributed by atoms with Gasteiger partial charge in [0.2, 0.25) is 0 Å². The summed E-state index contributed by atoms with van der Waals surface area (Å²) in [5, 5.41) is 4.77. The number of aromatic nitrogens is 4. The quantitative estimate of drug-likeness (QED) is 0.740. The van der Waals surface area contributed by atoms with Gasteiger partial charge in [-0.25, -0.2) is 9.98 Å². The van der Waals surface area contributed by atoms with Gasteiger partial charge in [0, 0.05) is 12.4 Å². The maximum Gasteiger partial charge on any atom is 0.289 e. The average molecular weight is 311 g/mol. The first kappa shape index (κ1) is 14.3. The Kier molecular flexibility index (Phi) is 4.15. The van der Waals surface area contributed by atoms with Crippen molar-refractivity contribution in [1.29, 1.82) is 0 Å². The molecule has 0 atom stereocenters. The molecule has 0 aliphatic carbocycles. The summed E-state index contributed by atoms with van der Waals surface area (Å²) in [5.41, 5.74) is 3.26. The summed E-state index contributed by atoms with van der Waals surface area (Å²) < 4.78 is 1.74. The number of rotatable bonds is 3. The molecule has 0 aliphatic rings. The molecule has 1 amide bonds. The molecule has 7 heteroatoms. The van der Waals surface area contributed by atoms with E-state index in [1.165, 1.54) is 11.3 Å². The van der Waals surface area contributed by atoms with Gasteiger partial charge in [0.1, 0.15) is 4.88 Å². The third-order valence-electron chi connectivity index (χ3n) is 2.98. The van der Waals surface area contributed by atoms with Gasteiger partial charge in [-0.2, -0.15) is 5.10 Å². The lowest BCUT2D eigenvalue weighted by Gasteiger charge is -2.03. The molecule has 0 bridgehead atoms. The first-order valence-corrected chi connectivity index (χ1v) is 7.52. The first-order valence-electron chi connectivity index (χ1n) is 6.64. The number of thiazole rings is 1. The summed E-state index contributed by atoms with van der Waals surface area (Å²) in [6, 6.07) is 7.49. The van der Waals surface area contributed by atoms with Crippen molar-refractivity contribution in [2.24, 2.45) is 4.99 Å². The molecule has 0 radical (unpaired) electrons. The minimum atomic E-state index is -0.288. The molecular weight excluding hydrogens is 298 g/mol. The zero-order valence-corrected chi connectivity index (χ0v) is 12.7. The monoisotopic (exact) mass is 311 g/mol. The standard InChI is InChI=1S/C15H13N5OS/c1-11-14(22-10-17-11)15(21)19-12-5-7-20(18-8-12)9-13-4-2-3-6-16-13/h2-8,10H,9H2,1H3. The third-order valence-corrected chi connectivity index (χ3v) is 3.89. The van der Waals surface area contributed by atoms with Gasteiger partial charge < -0.3 is 0 Å². The van der Waals surface area contributed by atoms with Crippen LogP contribution in [0.4, 0.5) is 0 Å². The van der Waals surface area contributed by atoms with Crippen LogP contribution in [-0.4, -0.2) is 25.7 Å². The Labute approximate surface area is 130 Å². The summed E-state index contributed by atoms with van der Waals surface area (Å²) >= 11 is 1.29. The SMILES string of the molecule is Cc1ncsc1C(=O)N=c1ccn(Cc2ccccn2)nc1. The van der Waals surface area contributed by atoms with E-state index in [9.17, 15) is 4.79 Å². The van der Waals surface area contributed by atoms with E-state index in [0.717, 1.165) is 5.69 Å². The van der Waals surface area contributed by atoms with Crippen molar-refractivity contribution in [2.45, 2.75) is 13.5 Å². The normalized spacial score (nSPS) is 11.6. The Hall–Kier alpha value is -2.67. The number of carbonyl (C=O) groups excluding carboxylic acids is 1. The van der Waals surface area contributed by atoms with Crippen LogP contribution in [0.5, 0.6) is 0 Å². The van der Waals surface area contributed by atoms with Gasteiger partial charge in [0.05, 0.1) is 35.0 Å². The summed E-state index contributed by atoms with van der Waals surface area (Å²) in [5.74, 6) is -0.288. The van der Waals surface area contributed by atoms with Crippen molar-refractivity contribution in [2.75, 3.05) is 0 Å². The van der Waals surface area contributed by atoms with Gasteiger partial charge in [-0.1, -0.05) is 6.07 Å². The second kappa shape index (κ2) is 6.40. The van der Waals surface area contributed by atoms with Crippen LogP contribution in [0, 0.1) is 6.92 Å². The Morgan fingerprint density at radius 1 is 1.32 bits per heavy atom. The number of hydrogen-bond acceptors (Lipinski definition) is 5. The molecule has 6 nitrogen and oxygen atoms in total. The number of amides is 1. The molecule has 0 saturated heterocycles. The minimum Gasteiger partial charge on any atom is -0.267 e. The summed E-state index contributed by atoms with van der Waals surface area (Å²) in [6.45, 7) is 2.37. The highest BCUT2D eigenvalue weighted by molar-refractivity contribution is 7.11. The number of hydrogen-bond donors (Lipinski definition) is 0. The fourth-order valence-corrected chi connectivity index (χ4v) is 2.56. The van der Waals surface area contributed by atoms with Crippen LogP contribution >= 0.6 is 11.3 Å². The van der Waals surface area contributed by atoms with Crippen LogP contribution in [0.25, 0.3) is 0 Å². The Bertz CT molecular complexity index is 833. The number of carbonyl (C=O) groups is 1. The van der Waals surface area contributed by atoms with Crippen molar-refractivity contribution in [3.8, 4) is 0 Å².